The van der Waals surface area contributed by atoms with Crippen molar-refractivity contribution >= 4 is 39.1 Å². The lowest BCUT2D eigenvalue weighted by atomic mass is 9.77. The summed E-state index contributed by atoms with van der Waals surface area (Å²) in [7, 11) is 2.12. The van der Waals surface area contributed by atoms with E-state index in [0.717, 1.165) is 35.2 Å². The fraction of sp³-hybridized carbons (Fsp3) is 0.375. The van der Waals surface area contributed by atoms with Crippen LogP contribution in [0.5, 0.6) is 5.75 Å². The van der Waals surface area contributed by atoms with Crippen LogP contribution in [0.15, 0.2) is 46.9 Å². The summed E-state index contributed by atoms with van der Waals surface area (Å²) in [5.74, 6) is 0.320. The van der Waals surface area contributed by atoms with Gasteiger partial charge in [-0.15, -0.1) is 0 Å². The Morgan fingerprint density at radius 3 is 2.39 bits per heavy atom. The summed E-state index contributed by atoms with van der Waals surface area (Å²) >= 11 is 3.62. The third kappa shape index (κ3) is 3.50. The number of rotatable bonds is 6. The highest BCUT2D eigenvalue weighted by Gasteiger charge is 2.45. The lowest BCUT2D eigenvalue weighted by Gasteiger charge is -2.21. The van der Waals surface area contributed by atoms with Crippen molar-refractivity contribution in [2.24, 2.45) is 0 Å². The van der Waals surface area contributed by atoms with Gasteiger partial charge in [0.2, 0.25) is 5.69 Å². The molecule has 4 heteroatoms. The first-order chi connectivity index (χ1) is 13.3. The Kier molecular flexibility index (Phi) is 5.99. The molecule has 0 radical (unpaired) electrons. The highest BCUT2D eigenvalue weighted by atomic mass is 79.9. The van der Waals surface area contributed by atoms with Gasteiger partial charge < -0.3 is 10.0 Å². The van der Waals surface area contributed by atoms with E-state index >= 15 is 0 Å². The van der Waals surface area contributed by atoms with Gasteiger partial charge in [-0.25, -0.2) is 0 Å². The zero-order valence-corrected chi connectivity index (χ0v) is 19.0. The van der Waals surface area contributed by atoms with E-state index in [9.17, 15) is 5.11 Å². The zero-order valence-electron chi connectivity index (χ0n) is 17.5. The van der Waals surface area contributed by atoms with Crippen LogP contribution in [0.4, 0.5) is 11.4 Å². The van der Waals surface area contributed by atoms with E-state index < -0.39 is 0 Å². The molecule has 0 spiro atoms. The zero-order chi connectivity index (χ0) is 20.5. The summed E-state index contributed by atoms with van der Waals surface area (Å²) in [6.45, 7) is 10.6. The van der Waals surface area contributed by atoms with Gasteiger partial charge in [-0.05, 0) is 57.5 Å². The van der Waals surface area contributed by atoms with Gasteiger partial charge in [-0.2, -0.15) is 4.58 Å². The maximum absolute atomic E-state index is 10.6. The van der Waals surface area contributed by atoms with Gasteiger partial charge >= 0.3 is 0 Å². The molecule has 28 heavy (non-hydrogen) atoms. The molecule has 2 aromatic carbocycles. The van der Waals surface area contributed by atoms with Crippen molar-refractivity contribution in [3.63, 3.8) is 0 Å². The van der Waals surface area contributed by atoms with Gasteiger partial charge in [0.1, 0.15) is 12.8 Å². The second kappa shape index (κ2) is 8.12. The maximum Gasteiger partial charge on any atom is 0.209 e. The molecule has 1 heterocycles. The molecule has 0 bridgehead atoms. The summed E-state index contributed by atoms with van der Waals surface area (Å²) in [6, 6.07) is 12.4. The first kappa shape index (κ1) is 20.7. The average molecular weight is 442 g/mol. The fourth-order valence-electron chi connectivity index (χ4n) is 4.18. The number of fused-ring (bicyclic) bond motifs is 1. The van der Waals surface area contributed by atoms with Gasteiger partial charge in [0, 0.05) is 52.6 Å². The molecule has 1 aliphatic heterocycles. The molecule has 1 unspecified atom stereocenters. The van der Waals surface area contributed by atoms with Crippen molar-refractivity contribution in [3.05, 3.63) is 58.1 Å². The van der Waals surface area contributed by atoms with Crippen molar-refractivity contribution < 1.29 is 9.68 Å². The molecule has 0 aliphatic carbocycles. The highest BCUT2D eigenvalue weighted by molar-refractivity contribution is 9.10. The molecule has 1 N–H and O–H groups in total. The van der Waals surface area contributed by atoms with Crippen LogP contribution < -0.4 is 4.90 Å². The summed E-state index contributed by atoms with van der Waals surface area (Å²) < 4.78 is 3.37. The molecule has 0 aromatic heterocycles. The Balaban J connectivity index is 1.97. The van der Waals surface area contributed by atoms with E-state index in [1.807, 2.05) is 18.2 Å². The number of hydrogen-bond donors (Lipinski definition) is 1. The first-order valence-corrected chi connectivity index (χ1v) is 10.8. The van der Waals surface area contributed by atoms with Crippen LogP contribution in [0.3, 0.4) is 0 Å². The Bertz CT molecular complexity index is 944. The fourth-order valence-corrected chi connectivity index (χ4v) is 4.54. The van der Waals surface area contributed by atoms with Crippen LogP contribution in [0.1, 0.15) is 45.2 Å². The summed E-state index contributed by atoms with van der Waals surface area (Å²) in [6.07, 6.45) is 5.19. The smallest absolute Gasteiger partial charge is 0.209 e. The van der Waals surface area contributed by atoms with Gasteiger partial charge in [-0.1, -0.05) is 22.9 Å². The van der Waals surface area contributed by atoms with Crippen LogP contribution in [0, 0.1) is 0 Å². The van der Waals surface area contributed by atoms with Crippen molar-refractivity contribution in [1.82, 2.24) is 0 Å². The van der Waals surface area contributed by atoms with E-state index in [0.29, 0.717) is 5.75 Å². The number of anilines is 1. The van der Waals surface area contributed by atoms with Crippen LogP contribution >= 0.6 is 15.9 Å². The monoisotopic (exact) mass is 441 g/mol. The van der Waals surface area contributed by atoms with E-state index in [-0.39, 0.29) is 5.41 Å². The van der Waals surface area contributed by atoms with Crippen molar-refractivity contribution in [2.75, 3.05) is 25.0 Å². The number of allylic oxidation sites excluding steroid dienone is 1. The number of hydrogen-bond acceptors (Lipinski definition) is 2. The molecular formula is C24H30BrN2O+. The van der Waals surface area contributed by atoms with Crippen molar-refractivity contribution in [3.8, 4) is 5.75 Å². The molecule has 2 aromatic rings. The largest absolute Gasteiger partial charge is 0.507 e. The normalized spacial score (nSPS) is 18.8. The number of nitrogens with zero attached hydrogens (tertiary/aromatic N) is 2. The number of aromatic hydroxyl groups is 1. The molecule has 148 valence electrons. The Hall–Kier alpha value is -2.07. The third-order valence-electron chi connectivity index (χ3n) is 6.11. The molecule has 1 aliphatic rings. The molecule has 3 nitrogen and oxygen atoms in total. The molecule has 0 fully saturated rings. The molecule has 0 saturated heterocycles. The van der Waals surface area contributed by atoms with Gasteiger partial charge in [0.25, 0.3) is 0 Å². The van der Waals surface area contributed by atoms with E-state index in [4.69, 9.17) is 0 Å². The number of benzene rings is 2. The standard InChI is InChI=1S/C24H29BrN2O/c1-6-24(4)20-15-18(25)11-13-21(20)26(5)23(24)14-10-17-9-12-19(16-22(17)28)27(7-2)8-3/h9-16H,6-8H2,1-5H3/p+1. The number of halogens is 1. The number of phenolic OH excluding ortho intramolecular Hbond substituents is 1. The van der Waals surface area contributed by atoms with Crippen molar-refractivity contribution in [1.29, 1.82) is 0 Å². The topological polar surface area (TPSA) is 26.5 Å². The van der Waals surface area contributed by atoms with E-state index in [2.05, 4.69) is 90.5 Å². The van der Waals surface area contributed by atoms with Gasteiger partial charge in [-0.3, -0.25) is 0 Å². The first-order valence-electron chi connectivity index (χ1n) is 10.0. The highest BCUT2D eigenvalue weighted by Crippen LogP contribution is 2.43. The van der Waals surface area contributed by atoms with E-state index in [1.165, 1.54) is 17.0 Å². The molecular weight excluding hydrogens is 412 g/mol. The van der Waals surface area contributed by atoms with Gasteiger partial charge in [0.05, 0.1) is 5.41 Å². The second-order valence-corrected chi connectivity index (χ2v) is 8.46. The van der Waals surface area contributed by atoms with Crippen LogP contribution in [0.2, 0.25) is 0 Å². The Morgan fingerprint density at radius 2 is 1.79 bits per heavy atom. The predicted octanol–water partition coefficient (Wildman–Crippen LogP) is 6.11. The molecule has 1 atom stereocenters. The number of phenols is 1. The summed E-state index contributed by atoms with van der Waals surface area (Å²) in [5, 5.41) is 10.6. The lowest BCUT2D eigenvalue weighted by molar-refractivity contribution is -0.401. The van der Waals surface area contributed by atoms with Crippen LogP contribution in [-0.4, -0.2) is 35.5 Å². The Labute approximate surface area is 177 Å². The second-order valence-electron chi connectivity index (χ2n) is 7.54. The summed E-state index contributed by atoms with van der Waals surface area (Å²) in [5.41, 5.74) is 5.67. The Morgan fingerprint density at radius 1 is 1.07 bits per heavy atom. The minimum atomic E-state index is -0.0544. The average Bonchev–Trinajstić information content (AvgIpc) is 2.89. The van der Waals surface area contributed by atoms with Crippen molar-refractivity contribution in [2.45, 2.75) is 39.5 Å². The summed E-state index contributed by atoms with van der Waals surface area (Å²) in [4.78, 5) is 2.23. The van der Waals surface area contributed by atoms with E-state index in [1.54, 1.807) is 0 Å². The van der Waals surface area contributed by atoms with Crippen LogP contribution in [0.25, 0.3) is 6.08 Å². The molecule has 0 saturated carbocycles. The lowest BCUT2D eigenvalue weighted by Crippen LogP contribution is -2.29. The molecule has 0 amide bonds. The SMILES string of the molecule is CCN(CC)c1ccc(/C=C/C2=[N+](C)c3ccc(Br)cc3C2(C)CC)c(O)c1. The van der Waals surface area contributed by atoms with Crippen LogP contribution in [-0.2, 0) is 5.41 Å². The minimum Gasteiger partial charge on any atom is -0.507 e. The van der Waals surface area contributed by atoms with Gasteiger partial charge in [0.15, 0.2) is 5.71 Å². The third-order valence-corrected chi connectivity index (χ3v) is 6.60. The molecule has 3 rings (SSSR count). The maximum atomic E-state index is 10.6. The quantitative estimate of drug-likeness (QED) is 0.547. The minimum absolute atomic E-state index is 0.0544. The predicted molar refractivity (Wildman–Crippen MR) is 123 cm³/mol.